The number of rotatable bonds is 2. The standard InChI is InChI=1S/C16H16FN3O/c1-16(11-4-2-7-14(21)8-11)10-19-15(18)20(16)13-6-3-5-12(17)9-13/h2-9,21H,10H2,1H3,(H2,18,19). The summed E-state index contributed by atoms with van der Waals surface area (Å²) >= 11 is 0. The van der Waals surface area contributed by atoms with Gasteiger partial charge in [0.25, 0.3) is 0 Å². The maximum absolute atomic E-state index is 13.5. The summed E-state index contributed by atoms with van der Waals surface area (Å²) in [6.07, 6.45) is 0. The minimum atomic E-state index is -0.559. The van der Waals surface area contributed by atoms with Crippen LogP contribution in [0.25, 0.3) is 0 Å². The van der Waals surface area contributed by atoms with Gasteiger partial charge in [-0.15, -0.1) is 0 Å². The number of guanidine groups is 1. The van der Waals surface area contributed by atoms with Crippen molar-refractivity contribution in [1.82, 2.24) is 0 Å². The average Bonchev–Trinajstić information content (AvgIpc) is 2.76. The van der Waals surface area contributed by atoms with Crippen LogP contribution in [0.5, 0.6) is 5.75 Å². The van der Waals surface area contributed by atoms with E-state index in [4.69, 9.17) is 5.73 Å². The number of phenols is 1. The second-order valence-corrected chi connectivity index (χ2v) is 5.31. The number of nitrogens with two attached hydrogens (primary N) is 1. The molecule has 1 atom stereocenters. The van der Waals surface area contributed by atoms with Crippen molar-refractivity contribution < 1.29 is 9.50 Å². The SMILES string of the molecule is CC1(c2cccc(O)c2)CN=C(N)N1c1cccc(F)c1. The van der Waals surface area contributed by atoms with Crippen LogP contribution in [0.4, 0.5) is 10.1 Å². The Bertz CT molecular complexity index is 716. The third-order valence-corrected chi connectivity index (χ3v) is 3.81. The molecule has 2 aromatic rings. The van der Waals surface area contributed by atoms with E-state index in [1.807, 2.05) is 13.0 Å². The van der Waals surface area contributed by atoms with E-state index in [1.54, 1.807) is 35.2 Å². The molecule has 4 nitrogen and oxygen atoms in total. The van der Waals surface area contributed by atoms with E-state index >= 15 is 0 Å². The first kappa shape index (κ1) is 13.4. The summed E-state index contributed by atoms with van der Waals surface area (Å²) < 4.78 is 13.5. The molecule has 3 N–H and O–H groups in total. The number of benzene rings is 2. The van der Waals surface area contributed by atoms with E-state index in [1.165, 1.54) is 12.1 Å². The Kier molecular flexibility index (Phi) is 3.05. The zero-order valence-electron chi connectivity index (χ0n) is 11.6. The van der Waals surface area contributed by atoms with Gasteiger partial charge in [0, 0.05) is 5.69 Å². The first-order valence-corrected chi connectivity index (χ1v) is 6.66. The summed E-state index contributed by atoms with van der Waals surface area (Å²) in [5.41, 5.74) is 6.95. The number of hydrogen-bond donors (Lipinski definition) is 2. The number of hydrogen-bond acceptors (Lipinski definition) is 4. The Morgan fingerprint density at radius 1 is 1.24 bits per heavy atom. The molecule has 1 aliphatic heterocycles. The van der Waals surface area contributed by atoms with Gasteiger partial charge in [-0.1, -0.05) is 18.2 Å². The Morgan fingerprint density at radius 3 is 2.71 bits per heavy atom. The smallest absolute Gasteiger partial charge is 0.196 e. The molecule has 0 bridgehead atoms. The summed E-state index contributed by atoms with van der Waals surface area (Å²) in [5, 5.41) is 9.71. The lowest BCUT2D eigenvalue weighted by Gasteiger charge is -2.36. The molecule has 0 radical (unpaired) electrons. The van der Waals surface area contributed by atoms with E-state index in [2.05, 4.69) is 4.99 Å². The Hall–Kier alpha value is -2.56. The lowest BCUT2D eigenvalue weighted by molar-refractivity contribution is 0.468. The van der Waals surface area contributed by atoms with Crippen molar-refractivity contribution >= 4 is 11.6 Å². The van der Waals surface area contributed by atoms with Gasteiger partial charge < -0.3 is 15.7 Å². The Morgan fingerprint density at radius 2 is 2.00 bits per heavy atom. The largest absolute Gasteiger partial charge is 0.508 e. The minimum absolute atomic E-state index is 0.179. The van der Waals surface area contributed by atoms with Crippen LogP contribution >= 0.6 is 0 Å². The second kappa shape index (κ2) is 4.77. The van der Waals surface area contributed by atoms with Gasteiger partial charge in [-0.25, -0.2) is 4.39 Å². The number of nitrogens with zero attached hydrogens (tertiary/aromatic N) is 2. The van der Waals surface area contributed by atoms with E-state index in [0.29, 0.717) is 18.2 Å². The maximum Gasteiger partial charge on any atom is 0.196 e. The van der Waals surface area contributed by atoms with Crippen LogP contribution in [0.3, 0.4) is 0 Å². The van der Waals surface area contributed by atoms with Gasteiger partial charge in [-0.05, 0) is 42.8 Å². The van der Waals surface area contributed by atoms with E-state index in [0.717, 1.165) is 5.56 Å². The molecule has 1 aliphatic rings. The normalized spacial score (nSPS) is 21.4. The molecule has 1 unspecified atom stereocenters. The molecule has 2 aromatic carbocycles. The number of aromatic hydroxyl groups is 1. The van der Waals surface area contributed by atoms with Crippen LogP contribution in [0.2, 0.25) is 0 Å². The highest BCUT2D eigenvalue weighted by Gasteiger charge is 2.40. The maximum atomic E-state index is 13.5. The van der Waals surface area contributed by atoms with Crippen LogP contribution in [-0.4, -0.2) is 17.6 Å². The number of aliphatic imine (C=N–C) groups is 1. The van der Waals surface area contributed by atoms with Crippen LogP contribution < -0.4 is 10.6 Å². The molecule has 3 rings (SSSR count). The molecule has 0 spiro atoms. The minimum Gasteiger partial charge on any atom is -0.508 e. The van der Waals surface area contributed by atoms with Crippen molar-refractivity contribution in [3.63, 3.8) is 0 Å². The first-order valence-electron chi connectivity index (χ1n) is 6.66. The fraction of sp³-hybridized carbons (Fsp3) is 0.188. The van der Waals surface area contributed by atoms with Crippen molar-refractivity contribution in [2.24, 2.45) is 10.7 Å². The van der Waals surface area contributed by atoms with Gasteiger partial charge in [-0.3, -0.25) is 4.99 Å². The van der Waals surface area contributed by atoms with Crippen molar-refractivity contribution in [1.29, 1.82) is 0 Å². The Labute approximate surface area is 122 Å². The molecule has 108 valence electrons. The summed E-state index contributed by atoms with van der Waals surface area (Å²) in [6, 6.07) is 13.2. The molecule has 0 aromatic heterocycles. The molecule has 21 heavy (non-hydrogen) atoms. The van der Waals surface area contributed by atoms with Gasteiger partial charge in [0.05, 0.1) is 12.1 Å². The van der Waals surface area contributed by atoms with Gasteiger partial charge in [0.1, 0.15) is 11.6 Å². The van der Waals surface area contributed by atoms with Crippen molar-refractivity contribution in [3.05, 3.63) is 59.9 Å². The summed E-state index contributed by atoms with van der Waals surface area (Å²) in [4.78, 5) is 6.10. The van der Waals surface area contributed by atoms with Gasteiger partial charge >= 0.3 is 0 Å². The molecular weight excluding hydrogens is 269 g/mol. The fourth-order valence-electron chi connectivity index (χ4n) is 2.72. The molecule has 0 saturated heterocycles. The van der Waals surface area contributed by atoms with E-state index in [-0.39, 0.29) is 11.6 Å². The molecular formula is C16H16FN3O. The molecule has 1 heterocycles. The van der Waals surface area contributed by atoms with Crippen LogP contribution in [-0.2, 0) is 5.54 Å². The molecule has 0 amide bonds. The highest BCUT2D eigenvalue weighted by Crippen LogP contribution is 2.37. The lowest BCUT2D eigenvalue weighted by Crippen LogP contribution is -2.47. The van der Waals surface area contributed by atoms with Gasteiger partial charge in [-0.2, -0.15) is 0 Å². The predicted molar refractivity (Wildman–Crippen MR) is 80.8 cm³/mol. The molecule has 0 aliphatic carbocycles. The van der Waals surface area contributed by atoms with Crippen LogP contribution in [0.15, 0.2) is 53.5 Å². The van der Waals surface area contributed by atoms with Gasteiger partial charge in [0.15, 0.2) is 5.96 Å². The van der Waals surface area contributed by atoms with Crippen LogP contribution in [0.1, 0.15) is 12.5 Å². The third kappa shape index (κ3) is 2.20. The summed E-state index contributed by atoms with van der Waals surface area (Å²) in [5.74, 6) is 0.190. The summed E-state index contributed by atoms with van der Waals surface area (Å²) in [6.45, 7) is 2.41. The van der Waals surface area contributed by atoms with Gasteiger partial charge in [0.2, 0.25) is 0 Å². The zero-order valence-corrected chi connectivity index (χ0v) is 11.6. The first-order chi connectivity index (χ1) is 10.0. The van der Waals surface area contributed by atoms with E-state index < -0.39 is 5.54 Å². The lowest BCUT2D eigenvalue weighted by atomic mass is 9.90. The van der Waals surface area contributed by atoms with Crippen LogP contribution in [0, 0.1) is 5.82 Å². The number of anilines is 1. The topological polar surface area (TPSA) is 61.9 Å². The number of halogens is 1. The Balaban J connectivity index is 2.10. The predicted octanol–water partition coefficient (Wildman–Crippen LogP) is 2.58. The fourth-order valence-corrected chi connectivity index (χ4v) is 2.72. The highest BCUT2D eigenvalue weighted by molar-refractivity contribution is 5.98. The quantitative estimate of drug-likeness (QED) is 0.891. The second-order valence-electron chi connectivity index (χ2n) is 5.31. The monoisotopic (exact) mass is 285 g/mol. The van der Waals surface area contributed by atoms with Crippen molar-refractivity contribution in [3.8, 4) is 5.75 Å². The highest BCUT2D eigenvalue weighted by atomic mass is 19.1. The number of phenolic OH excluding ortho intramolecular Hbond substituents is 1. The van der Waals surface area contributed by atoms with E-state index in [9.17, 15) is 9.50 Å². The zero-order chi connectivity index (χ0) is 15.0. The molecule has 5 heteroatoms. The summed E-state index contributed by atoms with van der Waals surface area (Å²) in [7, 11) is 0. The average molecular weight is 285 g/mol. The van der Waals surface area contributed by atoms with Crippen molar-refractivity contribution in [2.75, 3.05) is 11.4 Å². The third-order valence-electron chi connectivity index (χ3n) is 3.81. The molecule has 0 saturated carbocycles. The molecule has 0 fully saturated rings. The van der Waals surface area contributed by atoms with Crippen molar-refractivity contribution in [2.45, 2.75) is 12.5 Å².